The third kappa shape index (κ3) is 7.48. The molecule has 135 valence electrons. The Bertz CT molecular complexity index is 595. The largest absolute Gasteiger partial charge is 0.494 e. The zero-order valence-corrected chi connectivity index (χ0v) is 15.1. The lowest BCUT2D eigenvalue weighted by Gasteiger charge is -2.10. The molecule has 1 radical (unpaired) electrons. The summed E-state index contributed by atoms with van der Waals surface area (Å²) in [6.07, 6.45) is 4.33. The first-order valence-corrected chi connectivity index (χ1v) is 8.94. The van der Waals surface area contributed by atoms with Gasteiger partial charge in [-0.3, -0.25) is 0 Å². The molecule has 0 spiro atoms. The third-order valence-corrected chi connectivity index (χ3v) is 3.51. The first-order valence-electron chi connectivity index (χ1n) is 8.94. The minimum Gasteiger partial charge on any atom is -0.494 e. The van der Waals surface area contributed by atoms with E-state index in [1.807, 2.05) is 30.3 Å². The van der Waals surface area contributed by atoms with Crippen LogP contribution in [0.1, 0.15) is 39.5 Å². The van der Waals surface area contributed by atoms with Gasteiger partial charge in [-0.1, -0.05) is 26.7 Å². The highest BCUT2D eigenvalue weighted by molar-refractivity contribution is 5.38. The number of hydrogen-bond acceptors (Lipinski definition) is 4. The van der Waals surface area contributed by atoms with E-state index in [4.69, 9.17) is 18.9 Å². The normalized spacial score (nSPS) is 10.5. The van der Waals surface area contributed by atoms with Crippen molar-refractivity contribution >= 4 is 0 Å². The van der Waals surface area contributed by atoms with Crippen molar-refractivity contribution in [3.05, 3.63) is 48.5 Å². The average molecular weight is 343 g/mol. The molecular formula is C21H27O4. The van der Waals surface area contributed by atoms with Crippen LogP contribution < -0.4 is 14.2 Å². The summed E-state index contributed by atoms with van der Waals surface area (Å²) >= 11 is 0. The van der Waals surface area contributed by atoms with Crippen molar-refractivity contribution in [3.63, 3.8) is 0 Å². The summed E-state index contributed by atoms with van der Waals surface area (Å²) in [7, 11) is 0. The van der Waals surface area contributed by atoms with Crippen LogP contribution in [0.25, 0.3) is 0 Å². The number of unbranched alkanes of at least 4 members (excludes halogenated alkanes) is 2. The minimum absolute atomic E-state index is 0.237. The van der Waals surface area contributed by atoms with Gasteiger partial charge in [0.1, 0.15) is 23.0 Å². The van der Waals surface area contributed by atoms with Crippen LogP contribution in [-0.2, 0) is 4.74 Å². The minimum atomic E-state index is 0.237. The molecule has 25 heavy (non-hydrogen) atoms. The van der Waals surface area contributed by atoms with Gasteiger partial charge in [0, 0.05) is 6.07 Å². The zero-order valence-electron chi connectivity index (χ0n) is 15.1. The van der Waals surface area contributed by atoms with Crippen molar-refractivity contribution in [3.8, 4) is 23.0 Å². The lowest BCUT2D eigenvalue weighted by Crippen LogP contribution is -2.03. The van der Waals surface area contributed by atoms with E-state index in [1.165, 1.54) is 0 Å². The molecule has 0 aliphatic carbocycles. The predicted octanol–water partition coefficient (Wildman–Crippen LogP) is 5.61. The summed E-state index contributed by atoms with van der Waals surface area (Å²) in [4.78, 5) is 0. The molecule has 0 amide bonds. The Hall–Kier alpha value is -2.20. The van der Waals surface area contributed by atoms with Crippen molar-refractivity contribution in [1.29, 1.82) is 0 Å². The second-order valence-electron chi connectivity index (χ2n) is 5.70. The highest BCUT2D eigenvalue weighted by atomic mass is 16.7. The summed E-state index contributed by atoms with van der Waals surface area (Å²) in [6.45, 7) is 5.96. The molecule has 0 N–H and O–H groups in total. The molecule has 0 unspecified atom stereocenters. The van der Waals surface area contributed by atoms with E-state index in [2.05, 4.69) is 19.9 Å². The van der Waals surface area contributed by atoms with Crippen molar-refractivity contribution in [2.24, 2.45) is 0 Å². The quantitative estimate of drug-likeness (QED) is 0.371. The molecule has 0 atom stereocenters. The molecule has 2 aromatic rings. The summed E-state index contributed by atoms with van der Waals surface area (Å²) < 4.78 is 22.4. The molecular weight excluding hydrogens is 316 g/mol. The Morgan fingerprint density at radius 2 is 1.44 bits per heavy atom. The maximum absolute atomic E-state index is 5.84. The van der Waals surface area contributed by atoms with Gasteiger partial charge >= 0.3 is 0 Å². The predicted molar refractivity (Wildman–Crippen MR) is 98.6 cm³/mol. The lowest BCUT2D eigenvalue weighted by molar-refractivity contribution is 0.0140. The van der Waals surface area contributed by atoms with Crippen LogP contribution in [0.3, 0.4) is 0 Å². The molecule has 0 saturated heterocycles. The van der Waals surface area contributed by atoms with Crippen LogP contribution in [0.2, 0.25) is 0 Å². The smallest absolute Gasteiger partial charge is 0.189 e. The van der Waals surface area contributed by atoms with Gasteiger partial charge in [-0.2, -0.15) is 0 Å². The van der Waals surface area contributed by atoms with Gasteiger partial charge in [0.2, 0.25) is 0 Å². The van der Waals surface area contributed by atoms with Crippen LogP contribution in [0, 0.1) is 6.07 Å². The van der Waals surface area contributed by atoms with E-state index in [0.29, 0.717) is 18.1 Å². The average Bonchev–Trinajstić information content (AvgIpc) is 2.64. The molecule has 0 heterocycles. The molecule has 0 aliphatic rings. The van der Waals surface area contributed by atoms with Crippen LogP contribution in [0.5, 0.6) is 23.0 Å². The summed E-state index contributed by atoms with van der Waals surface area (Å²) in [5.41, 5.74) is 0. The number of ether oxygens (including phenoxy) is 4. The Labute approximate surface area is 150 Å². The van der Waals surface area contributed by atoms with Gasteiger partial charge in [-0.15, -0.1) is 0 Å². The standard InChI is InChI=1S/C21H27O4/c1-3-5-14-22-17-24-20-8-7-9-21(16-20)25-19-12-10-18(11-13-19)23-15-6-4-2/h8-13,16H,3-6,14-15,17H2,1-2H3. The van der Waals surface area contributed by atoms with Crippen LogP contribution in [-0.4, -0.2) is 20.0 Å². The molecule has 0 bridgehead atoms. The van der Waals surface area contributed by atoms with Crippen molar-refractivity contribution in [2.45, 2.75) is 39.5 Å². The highest BCUT2D eigenvalue weighted by Crippen LogP contribution is 2.26. The summed E-state index contributed by atoms with van der Waals surface area (Å²) in [6, 6.07) is 16.0. The van der Waals surface area contributed by atoms with Crippen molar-refractivity contribution < 1.29 is 18.9 Å². The van der Waals surface area contributed by atoms with E-state index in [1.54, 1.807) is 12.1 Å². The van der Waals surface area contributed by atoms with E-state index in [9.17, 15) is 0 Å². The van der Waals surface area contributed by atoms with Gasteiger partial charge < -0.3 is 18.9 Å². The fourth-order valence-corrected chi connectivity index (χ4v) is 2.06. The molecule has 2 aromatic carbocycles. The summed E-state index contributed by atoms with van der Waals surface area (Å²) in [5.74, 6) is 2.94. The Balaban J connectivity index is 1.82. The monoisotopic (exact) mass is 343 g/mol. The van der Waals surface area contributed by atoms with Gasteiger partial charge in [0.15, 0.2) is 6.79 Å². The Kier molecular flexibility index (Phi) is 8.70. The lowest BCUT2D eigenvalue weighted by atomic mass is 10.3. The molecule has 4 heteroatoms. The second-order valence-corrected chi connectivity index (χ2v) is 5.70. The van der Waals surface area contributed by atoms with Crippen LogP contribution in [0.4, 0.5) is 0 Å². The fourth-order valence-electron chi connectivity index (χ4n) is 2.06. The SMILES string of the molecule is CCCCOCOc1c[c]cc(Oc2ccc(OCCCC)cc2)c1. The molecule has 0 aromatic heterocycles. The Morgan fingerprint density at radius 3 is 2.20 bits per heavy atom. The molecule has 0 saturated carbocycles. The molecule has 0 aliphatic heterocycles. The highest BCUT2D eigenvalue weighted by Gasteiger charge is 2.02. The maximum Gasteiger partial charge on any atom is 0.189 e. The van der Waals surface area contributed by atoms with Gasteiger partial charge in [0.25, 0.3) is 0 Å². The topological polar surface area (TPSA) is 36.9 Å². The van der Waals surface area contributed by atoms with E-state index in [0.717, 1.165) is 43.8 Å². The Morgan fingerprint density at radius 1 is 0.760 bits per heavy atom. The number of hydrogen-bond donors (Lipinski definition) is 0. The van der Waals surface area contributed by atoms with E-state index >= 15 is 0 Å². The fraction of sp³-hybridized carbons (Fsp3) is 0.429. The second kappa shape index (κ2) is 11.4. The van der Waals surface area contributed by atoms with Crippen molar-refractivity contribution in [1.82, 2.24) is 0 Å². The van der Waals surface area contributed by atoms with E-state index < -0.39 is 0 Å². The zero-order chi connectivity index (χ0) is 17.7. The third-order valence-electron chi connectivity index (χ3n) is 3.51. The van der Waals surface area contributed by atoms with Gasteiger partial charge in [0.05, 0.1) is 13.2 Å². The van der Waals surface area contributed by atoms with E-state index in [-0.39, 0.29) is 6.79 Å². The van der Waals surface area contributed by atoms with Crippen molar-refractivity contribution in [2.75, 3.05) is 20.0 Å². The first-order chi connectivity index (χ1) is 12.3. The number of rotatable bonds is 12. The maximum atomic E-state index is 5.84. The number of benzene rings is 2. The van der Waals surface area contributed by atoms with Crippen LogP contribution >= 0.6 is 0 Å². The van der Waals surface area contributed by atoms with Crippen LogP contribution in [0.15, 0.2) is 42.5 Å². The summed E-state index contributed by atoms with van der Waals surface area (Å²) in [5, 5.41) is 0. The first kappa shape index (κ1) is 19.1. The van der Waals surface area contributed by atoms with Gasteiger partial charge in [-0.05, 0) is 55.3 Å². The molecule has 0 fully saturated rings. The molecule has 2 rings (SSSR count). The molecule has 4 nitrogen and oxygen atoms in total. The van der Waals surface area contributed by atoms with Gasteiger partial charge in [-0.25, -0.2) is 0 Å².